The van der Waals surface area contributed by atoms with E-state index in [1.807, 2.05) is 32.0 Å². The van der Waals surface area contributed by atoms with Gasteiger partial charge in [0.1, 0.15) is 0 Å². The number of hydrogen-bond donors (Lipinski definition) is 1. The molecule has 0 unspecified atom stereocenters. The molecule has 0 saturated heterocycles. The summed E-state index contributed by atoms with van der Waals surface area (Å²) >= 11 is 0. The number of aromatic nitrogens is 1. The smallest absolute Gasteiger partial charge is 0.335 e. The van der Waals surface area contributed by atoms with Crippen molar-refractivity contribution in [1.29, 1.82) is 0 Å². The molecule has 0 spiro atoms. The Kier molecular flexibility index (Phi) is 2.91. The van der Waals surface area contributed by atoms with Gasteiger partial charge < -0.3 is 5.11 Å². The monoisotopic (exact) mass is 227 g/mol. The number of rotatable bonds is 2. The zero-order chi connectivity index (χ0) is 12.4. The third-order valence-corrected chi connectivity index (χ3v) is 2.77. The predicted octanol–water partition coefficient (Wildman–Crippen LogP) is 3.06. The number of aromatic carboxylic acids is 1. The van der Waals surface area contributed by atoms with E-state index >= 15 is 0 Å². The number of carboxylic acid groups (broad SMARTS) is 1. The van der Waals surface area contributed by atoms with Crippen molar-refractivity contribution in [2.45, 2.75) is 13.8 Å². The molecule has 1 N–H and O–H groups in total. The van der Waals surface area contributed by atoms with E-state index < -0.39 is 5.97 Å². The van der Waals surface area contributed by atoms with Crippen molar-refractivity contribution in [3.63, 3.8) is 0 Å². The molecule has 0 saturated carbocycles. The molecular weight excluding hydrogens is 214 g/mol. The Bertz CT molecular complexity index is 576. The van der Waals surface area contributed by atoms with Gasteiger partial charge in [-0.3, -0.25) is 4.98 Å². The van der Waals surface area contributed by atoms with Gasteiger partial charge in [-0.15, -0.1) is 0 Å². The molecule has 3 heteroatoms. The van der Waals surface area contributed by atoms with E-state index in [0.717, 1.165) is 22.4 Å². The normalized spacial score (nSPS) is 10.2. The van der Waals surface area contributed by atoms with E-state index in [0.29, 0.717) is 5.56 Å². The van der Waals surface area contributed by atoms with Crippen molar-refractivity contribution >= 4 is 5.97 Å². The van der Waals surface area contributed by atoms with Gasteiger partial charge >= 0.3 is 5.97 Å². The molecule has 1 aromatic heterocycles. The van der Waals surface area contributed by atoms with E-state index in [1.54, 1.807) is 18.3 Å². The van der Waals surface area contributed by atoms with Crippen LogP contribution in [0, 0.1) is 13.8 Å². The summed E-state index contributed by atoms with van der Waals surface area (Å²) in [6.45, 7) is 3.74. The van der Waals surface area contributed by atoms with Crippen molar-refractivity contribution < 1.29 is 9.90 Å². The third-order valence-electron chi connectivity index (χ3n) is 2.77. The lowest BCUT2D eigenvalue weighted by Crippen LogP contribution is -2.00. The average molecular weight is 227 g/mol. The lowest BCUT2D eigenvalue weighted by molar-refractivity contribution is 0.0696. The van der Waals surface area contributed by atoms with Gasteiger partial charge in [0.05, 0.1) is 5.56 Å². The summed E-state index contributed by atoms with van der Waals surface area (Å²) in [5.41, 5.74) is 3.98. The number of hydrogen-bond acceptors (Lipinski definition) is 2. The summed E-state index contributed by atoms with van der Waals surface area (Å²) in [7, 11) is 0. The number of aryl methyl sites for hydroxylation is 1. The van der Waals surface area contributed by atoms with Crippen LogP contribution in [0.3, 0.4) is 0 Å². The summed E-state index contributed by atoms with van der Waals surface area (Å²) in [6, 6.07) is 9.15. The zero-order valence-corrected chi connectivity index (χ0v) is 9.77. The molecule has 0 aliphatic carbocycles. The number of carboxylic acids is 1. The molecule has 0 bridgehead atoms. The highest BCUT2D eigenvalue weighted by Gasteiger charge is 2.11. The summed E-state index contributed by atoms with van der Waals surface area (Å²) in [5.74, 6) is -0.893. The Hall–Kier alpha value is -2.16. The molecule has 86 valence electrons. The van der Waals surface area contributed by atoms with Crippen molar-refractivity contribution in [3.05, 3.63) is 53.3 Å². The highest BCUT2D eigenvalue weighted by Crippen LogP contribution is 2.25. The maximum atomic E-state index is 11.1. The average Bonchev–Trinajstić information content (AvgIpc) is 2.29. The van der Waals surface area contributed by atoms with Gasteiger partial charge in [0.15, 0.2) is 0 Å². The van der Waals surface area contributed by atoms with Crippen LogP contribution in [0.15, 0.2) is 36.5 Å². The molecule has 0 aliphatic rings. The van der Waals surface area contributed by atoms with Crippen molar-refractivity contribution in [1.82, 2.24) is 4.98 Å². The van der Waals surface area contributed by atoms with Gasteiger partial charge in [-0.25, -0.2) is 4.79 Å². The molecule has 0 atom stereocenters. The minimum atomic E-state index is -0.893. The first-order chi connectivity index (χ1) is 8.09. The fourth-order valence-electron chi connectivity index (χ4n) is 1.89. The summed E-state index contributed by atoms with van der Waals surface area (Å²) in [5, 5.41) is 9.08. The van der Waals surface area contributed by atoms with Crippen LogP contribution in [0.25, 0.3) is 11.1 Å². The SMILES string of the molecule is Cc1cc(-c2cccc(C(=O)O)c2C)ccn1. The Labute approximate surface area is 99.8 Å². The van der Waals surface area contributed by atoms with Crippen LogP contribution in [0.4, 0.5) is 0 Å². The topological polar surface area (TPSA) is 50.2 Å². The molecule has 0 fully saturated rings. The van der Waals surface area contributed by atoms with Crippen LogP contribution in [0.1, 0.15) is 21.6 Å². The van der Waals surface area contributed by atoms with Gasteiger partial charge in [-0.2, -0.15) is 0 Å². The fourth-order valence-corrected chi connectivity index (χ4v) is 1.89. The molecule has 1 aromatic carbocycles. The third kappa shape index (κ3) is 2.18. The Morgan fingerprint density at radius 2 is 2.00 bits per heavy atom. The minimum absolute atomic E-state index is 0.344. The largest absolute Gasteiger partial charge is 0.478 e. The van der Waals surface area contributed by atoms with Gasteiger partial charge in [-0.1, -0.05) is 12.1 Å². The standard InChI is InChI=1S/C14H13NO2/c1-9-8-11(6-7-15-9)12-4-3-5-13(10(12)2)14(16)17/h3-8H,1-2H3,(H,16,17). The van der Waals surface area contributed by atoms with Crippen LogP contribution in [0.2, 0.25) is 0 Å². The number of carbonyl (C=O) groups is 1. The minimum Gasteiger partial charge on any atom is -0.478 e. The van der Waals surface area contributed by atoms with Crippen LogP contribution in [-0.4, -0.2) is 16.1 Å². The van der Waals surface area contributed by atoms with Gasteiger partial charge in [-0.05, 0) is 48.7 Å². The summed E-state index contributed by atoms with van der Waals surface area (Å²) in [6.07, 6.45) is 1.73. The highest BCUT2D eigenvalue weighted by atomic mass is 16.4. The van der Waals surface area contributed by atoms with E-state index in [9.17, 15) is 4.79 Å². The highest BCUT2D eigenvalue weighted by molar-refractivity contribution is 5.92. The van der Waals surface area contributed by atoms with E-state index in [2.05, 4.69) is 4.98 Å². The van der Waals surface area contributed by atoms with E-state index in [4.69, 9.17) is 5.11 Å². The second kappa shape index (κ2) is 4.37. The lowest BCUT2D eigenvalue weighted by atomic mass is 9.97. The lowest BCUT2D eigenvalue weighted by Gasteiger charge is -2.09. The Morgan fingerprint density at radius 3 is 2.65 bits per heavy atom. The summed E-state index contributed by atoms with van der Waals surface area (Å²) in [4.78, 5) is 15.2. The van der Waals surface area contributed by atoms with Crippen LogP contribution in [-0.2, 0) is 0 Å². The Morgan fingerprint density at radius 1 is 1.24 bits per heavy atom. The van der Waals surface area contributed by atoms with Gasteiger partial charge in [0, 0.05) is 11.9 Å². The van der Waals surface area contributed by atoms with Crippen molar-refractivity contribution in [2.75, 3.05) is 0 Å². The number of benzene rings is 1. The molecule has 0 radical (unpaired) electrons. The second-order valence-electron chi connectivity index (χ2n) is 3.97. The first kappa shape index (κ1) is 11.3. The van der Waals surface area contributed by atoms with Crippen molar-refractivity contribution in [3.8, 4) is 11.1 Å². The maximum Gasteiger partial charge on any atom is 0.335 e. The van der Waals surface area contributed by atoms with E-state index in [-0.39, 0.29) is 0 Å². The van der Waals surface area contributed by atoms with Crippen molar-refractivity contribution in [2.24, 2.45) is 0 Å². The summed E-state index contributed by atoms with van der Waals surface area (Å²) < 4.78 is 0. The second-order valence-corrected chi connectivity index (χ2v) is 3.97. The molecule has 3 nitrogen and oxygen atoms in total. The van der Waals surface area contributed by atoms with E-state index in [1.165, 1.54) is 0 Å². The molecule has 1 heterocycles. The van der Waals surface area contributed by atoms with Crippen LogP contribution >= 0.6 is 0 Å². The number of nitrogens with zero attached hydrogens (tertiary/aromatic N) is 1. The van der Waals surface area contributed by atoms with Crippen LogP contribution < -0.4 is 0 Å². The molecule has 2 rings (SSSR count). The quantitative estimate of drug-likeness (QED) is 0.857. The fraction of sp³-hybridized carbons (Fsp3) is 0.143. The first-order valence-corrected chi connectivity index (χ1v) is 5.35. The predicted molar refractivity (Wildman–Crippen MR) is 66.1 cm³/mol. The van der Waals surface area contributed by atoms with Crippen LogP contribution in [0.5, 0.6) is 0 Å². The number of pyridine rings is 1. The zero-order valence-electron chi connectivity index (χ0n) is 9.77. The molecule has 2 aromatic rings. The van der Waals surface area contributed by atoms with Gasteiger partial charge in [0.25, 0.3) is 0 Å². The molecular formula is C14H13NO2. The maximum absolute atomic E-state index is 11.1. The molecule has 17 heavy (non-hydrogen) atoms. The molecule has 0 amide bonds. The Balaban J connectivity index is 2.60. The first-order valence-electron chi connectivity index (χ1n) is 5.35. The van der Waals surface area contributed by atoms with Gasteiger partial charge in [0.2, 0.25) is 0 Å². The molecule has 0 aliphatic heterocycles.